The maximum atomic E-state index is 12.9. The van der Waals surface area contributed by atoms with Crippen LogP contribution in [0.4, 0.5) is 0 Å². The van der Waals surface area contributed by atoms with Crippen molar-refractivity contribution in [3.8, 4) is 0 Å². The third kappa shape index (κ3) is 69.3. The summed E-state index contributed by atoms with van der Waals surface area (Å²) in [6, 6.07) is 0. The molecule has 6 nitrogen and oxygen atoms in total. The van der Waals surface area contributed by atoms with Crippen molar-refractivity contribution in [3.63, 3.8) is 0 Å². The predicted molar refractivity (Wildman–Crippen MR) is 362 cm³/mol. The lowest BCUT2D eigenvalue weighted by atomic mass is 10.0. The fraction of sp³-hybridized carbons (Fsp3) is 0.779. The van der Waals surface area contributed by atoms with Crippen molar-refractivity contribution >= 4 is 17.9 Å². The van der Waals surface area contributed by atoms with Crippen LogP contribution in [0.3, 0.4) is 0 Å². The van der Waals surface area contributed by atoms with E-state index >= 15 is 0 Å². The van der Waals surface area contributed by atoms with Crippen LogP contribution in [0.2, 0.25) is 0 Å². The Balaban J connectivity index is 4.16. The molecule has 0 saturated carbocycles. The SMILES string of the molecule is CC/C=C\C/C=C\C/C=C\C/C=C\C/C=C\C/C=C\C/C=C\CCCCCCCCCCCCCCCC(=O)OCC(COC(=O)CCCCCCCCCCCCCCC)OC(=O)CCCCCCCCCCCCCCCCCCC. The molecule has 1 unspecified atom stereocenters. The van der Waals surface area contributed by atoms with Gasteiger partial charge in [0.2, 0.25) is 0 Å². The normalized spacial score (nSPS) is 12.6. The number of hydrogen-bond donors (Lipinski definition) is 0. The summed E-state index contributed by atoms with van der Waals surface area (Å²) in [6.07, 6.45) is 94.7. The first-order valence-electron chi connectivity index (χ1n) is 36.1. The van der Waals surface area contributed by atoms with Gasteiger partial charge < -0.3 is 14.2 Å². The summed E-state index contributed by atoms with van der Waals surface area (Å²) in [5.41, 5.74) is 0. The van der Waals surface area contributed by atoms with Gasteiger partial charge in [0.1, 0.15) is 13.2 Å². The summed E-state index contributed by atoms with van der Waals surface area (Å²) in [7, 11) is 0. The zero-order valence-corrected chi connectivity index (χ0v) is 55.2. The minimum atomic E-state index is -0.772. The van der Waals surface area contributed by atoms with Crippen molar-refractivity contribution < 1.29 is 28.6 Å². The maximum absolute atomic E-state index is 12.9. The highest BCUT2D eigenvalue weighted by Crippen LogP contribution is 2.18. The van der Waals surface area contributed by atoms with Crippen LogP contribution in [0.1, 0.15) is 367 Å². The predicted octanol–water partition coefficient (Wildman–Crippen LogP) is 25.0. The summed E-state index contributed by atoms with van der Waals surface area (Å²) >= 11 is 0. The molecule has 0 fully saturated rings. The van der Waals surface area contributed by atoms with Crippen molar-refractivity contribution in [2.24, 2.45) is 0 Å². The van der Waals surface area contributed by atoms with Crippen LogP contribution in [-0.4, -0.2) is 37.2 Å². The number of carbonyl (C=O) groups excluding carboxylic acids is 3. The number of hydrogen-bond acceptors (Lipinski definition) is 6. The quantitative estimate of drug-likeness (QED) is 0.0261. The summed E-state index contributed by atoms with van der Waals surface area (Å²) in [5.74, 6) is -0.846. The number of ether oxygens (including phenoxy) is 3. The minimum Gasteiger partial charge on any atom is -0.462 e. The van der Waals surface area contributed by atoms with Gasteiger partial charge in [-0.25, -0.2) is 0 Å². The van der Waals surface area contributed by atoms with E-state index in [9.17, 15) is 14.4 Å². The molecule has 0 spiro atoms. The lowest BCUT2D eigenvalue weighted by Crippen LogP contribution is -2.30. The van der Waals surface area contributed by atoms with E-state index in [1.807, 2.05) is 0 Å². The maximum Gasteiger partial charge on any atom is 0.306 e. The number of esters is 3. The molecule has 0 saturated heterocycles. The molecule has 0 aromatic carbocycles. The molecule has 0 bridgehead atoms. The Bertz CT molecular complexity index is 1570. The average Bonchev–Trinajstić information content (AvgIpc) is 3.49. The molecule has 0 aliphatic heterocycles. The number of carbonyl (C=O) groups is 3. The molecule has 0 aliphatic rings. The second-order valence-electron chi connectivity index (χ2n) is 24.1. The van der Waals surface area contributed by atoms with Crippen molar-refractivity contribution in [1.82, 2.24) is 0 Å². The molecule has 0 amide bonds. The third-order valence-electron chi connectivity index (χ3n) is 15.9. The van der Waals surface area contributed by atoms with E-state index in [1.54, 1.807) is 0 Å². The van der Waals surface area contributed by atoms with Crippen LogP contribution >= 0.6 is 0 Å². The van der Waals surface area contributed by atoms with Crippen LogP contribution < -0.4 is 0 Å². The largest absolute Gasteiger partial charge is 0.462 e. The molecule has 0 rings (SSSR count). The zero-order valence-electron chi connectivity index (χ0n) is 55.2. The van der Waals surface area contributed by atoms with Gasteiger partial charge >= 0.3 is 17.9 Å². The Kier molecular flexibility index (Phi) is 68.2. The lowest BCUT2D eigenvalue weighted by Gasteiger charge is -2.18. The second-order valence-corrected chi connectivity index (χ2v) is 24.1. The van der Waals surface area contributed by atoms with Crippen molar-refractivity contribution in [3.05, 3.63) is 85.1 Å². The first-order valence-corrected chi connectivity index (χ1v) is 36.1. The summed E-state index contributed by atoms with van der Waals surface area (Å²) in [6.45, 7) is 6.58. The first-order chi connectivity index (χ1) is 41.0. The highest BCUT2D eigenvalue weighted by molar-refractivity contribution is 5.71. The van der Waals surface area contributed by atoms with E-state index in [4.69, 9.17) is 14.2 Å². The molecule has 0 heterocycles. The zero-order chi connectivity index (χ0) is 59.9. The Hall–Kier alpha value is -3.41. The monoisotopic (exact) mass is 1160 g/mol. The van der Waals surface area contributed by atoms with Crippen molar-refractivity contribution in [2.75, 3.05) is 13.2 Å². The topological polar surface area (TPSA) is 78.9 Å². The van der Waals surface area contributed by atoms with Crippen LogP contribution in [-0.2, 0) is 28.6 Å². The lowest BCUT2D eigenvalue weighted by molar-refractivity contribution is -0.167. The fourth-order valence-electron chi connectivity index (χ4n) is 10.5. The molecular formula is C77H136O6. The number of unbranched alkanes of at least 4 members (excludes halogenated alkanes) is 41. The Labute approximate surface area is 515 Å². The van der Waals surface area contributed by atoms with Gasteiger partial charge in [0.25, 0.3) is 0 Å². The molecule has 0 aromatic rings. The molecule has 480 valence electrons. The third-order valence-corrected chi connectivity index (χ3v) is 15.9. The standard InChI is InChI=1S/C77H136O6/c1-4-7-10-13-16-19-22-25-27-29-30-31-32-33-34-35-36-37-38-39-40-41-42-43-44-45-46-48-49-52-55-58-61-64-67-70-76(79)82-73-74(72-81-75(78)69-66-63-60-57-54-51-24-21-18-15-12-9-6-3)83-77(80)71-68-65-62-59-56-53-50-47-28-26-23-20-17-14-11-8-5-2/h7,10,16,19,25,27,30-31,33-34,36-37,39-40,74H,4-6,8-9,11-15,17-18,20-24,26,28-29,32,35,38,41-73H2,1-3H3/b10-7-,19-16-,27-25-,31-30-,34-33-,37-36-,40-39-. The highest BCUT2D eigenvalue weighted by Gasteiger charge is 2.19. The van der Waals surface area contributed by atoms with Gasteiger partial charge in [-0.15, -0.1) is 0 Å². The Morgan fingerprint density at radius 3 is 0.735 bits per heavy atom. The van der Waals surface area contributed by atoms with E-state index in [2.05, 4.69) is 106 Å². The smallest absolute Gasteiger partial charge is 0.306 e. The summed E-state index contributed by atoms with van der Waals surface area (Å²) in [4.78, 5) is 38.4. The van der Waals surface area contributed by atoms with Crippen LogP contribution in [0.25, 0.3) is 0 Å². The van der Waals surface area contributed by atoms with Crippen LogP contribution in [0, 0.1) is 0 Å². The molecule has 0 N–H and O–H groups in total. The Morgan fingerprint density at radius 1 is 0.253 bits per heavy atom. The van der Waals surface area contributed by atoms with E-state index in [1.165, 1.54) is 225 Å². The van der Waals surface area contributed by atoms with Gasteiger partial charge in [-0.05, 0) is 77.0 Å². The van der Waals surface area contributed by atoms with E-state index in [0.29, 0.717) is 19.3 Å². The van der Waals surface area contributed by atoms with E-state index < -0.39 is 6.10 Å². The van der Waals surface area contributed by atoms with Gasteiger partial charge in [-0.3, -0.25) is 14.4 Å². The van der Waals surface area contributed by atoms with E-state index in [-0.39, 0.29) is 31.1 Å². The number of rotatable bonds is 66. The fourth-order valence-corrected chi connectivity index (χ4v) is 10.5. The van der Waals surface area contributed by atoms with Gasteiger partial charge in [0, 0.05) is 19.3 Å². The molecule has 6 heteroatoms. The van der Waals surface area contributed by atoms with Gasteiger partial charge in [-0.2, -0.15) is 0 Å². The molecule has 83 heavy (non-hydrogen) atoms. The molecule has 0 radical (unpaired) electrons. The van der Waals surface area contributed by atoms with Gasteiger partial charge in [-0.1, -0.05) is 356 Å². The summed E-state index contributed by atoms with van der Waals surface area (Å²) in [5, 5.41) is 0. The molecule has 0 aliphatic carbocycles. The second kappa shape index (κ2) is 71.1. The highest BCUT2D eigenvalue weighted by atomic mass is 16.6. The molecule has 1 atom stereocenters. The summed E-state index contributed by atoms with van der Waals surface area (Å²) < 4.78 is 17.0. The van der Waals surface area contributed by atoms with Crippen molar-refractivity contribution in [1.29, 1.82) is 0 Å². The first kappa shape index (κ1) is 79.6. The van der Waals surface area contributed by atoms with Gasteiger partial charge in [0.15, 0.2) is 6.10 Å². The van der Waals surface area contributed by atoms with Crippen LogP contribution in [0.5, 0.6) is 0 Å². The molecular weight excluding hydrogens is 1020 g/mol. The minimum absolute atomic E-state index is 0.0690. The van der Waals surface area contributed by atoms with Crippen LogP contribution in [0.15, 0.2) is 85.1 Å². The van der Waals surface area contributed by atoms with Gasteiger partial charge in [0.05, 0.1) is 0 Å². The Morgan fingerprint density at radius 2 is 0.470 bits per heavy atom. The number of allylic oxidation sites excluding steroid dienone is 14. The van der Waals surface area contributed by atoms with Crippen molar-refractivity contribution in [2.45, 2.75) is 374 Å². The van der Waals surface area contributed by atoms with E-state index in [0.717, 1.165) is 103 Å². The molecule has 0 aromatic heterocycles. The average molecular weight is 1160 g/mol.